The molecule has 0 radical (unpaired) electrons. The number of halogens is 1. The molecule has 1 aromatic carbocycles. The number of rotatable bonds is 3. The highest BCUT2D eigenvalue weighted by Crippen LogP contribution is 2.21. The average Bonchev–Trinajstić information content (AvgIpc) is 2.08. The van der Waals surface area contributed by atoms with Gasteiger partial charge < -0.3 is 10.2 Å². The van der Waals surface area contributed by atoms with Gasteiger partial charge >= 0.3 is 5.97 Å². The van der Waals surface area contributed by atoms with E-state index in [1.54, 1.807) is 12.1 Å². The maximum absolute atomic E-state index is 10.6. The lowest BCUT2D eigenvalue weighted by Crippen LogP contribution is -2.01. The zero-order valence-corrected chi connectivity index (χ0v) is 7.58. The molecule has 0 aromatic heterocycles. The number of hydrogen-bond acceptors (Lipinski definition) is 2. The highest BCUT2D eigenvalue weighted by atomic mass is 35.5. The molecule has 0 aliphatic rings. The van der Waals surface area contributed by atoms with Crippen molar-refractivity contribution < 1.29 is 15.0 Å². The fourth-order valence-corrected chi connectivity index (χ4v) is 1.36. The summed E-state index contributed by atoms with van der Waals surface area (Å²) in [6.45, 7) is -0.0389. The van der Waals surface area contributed by atoms with Gasteiger partial charge in [-0.15, -0.1) is 0 Å². The zero-order valence-electron chi connectivity index (χ0n) is 6.83. The van der Waals surface area contributed by atoms with Gasteiger partial charge in [-0.1, -0.05) is 23.7 Å². The van der Waals surface area contributed by atoms with E-state index in [0.717, 1.165) is 0 Å². The van der Waals surface area contributed by atoms with Gasteiger partial charge in [0.05, 0.1) is 10.6 Å². The Labute approximate surface area is 80.6 Å². The molecule has 1 aromatic rings. The lowest BCUT2D eigenvalue weighted by Gasteiger charge is -2.04. The summed E-state index contributed by atoms with van der Waals surface area (Å²) in [4.78, 5) is 10.6. The third kappa shape index (κ3) is 2.20. The van der Waals surface area contributed by atoms with Crippen LogP contribution in [0.25, 0.3) is 0 Å². The highest BCUT2D eigenvalue weighted by Gasteiger charge is 2.10. The number of aliphatic hydroxyl groups excluding tert-OH is 1. The molecule has 0 fully saturated rings. The maximum Gasteiger partial charge on any atom is 0.337 e. The minimum atomic E-state index is -1.05. The fourth-order valence-electron chi connectivity index (χ4n) is 1.06. The summed E-state index contributed by atoms with van der Waals surface area (Å²) < 4.78 is 0. The van der Waals surface area contributed by atoms with Gasteiger partial charge in [0, 0.05) is 6.61 Å². The number of aromatic carboxylic acids is 1. The summed E-state index contributed by atoms with van der Waals surface area (Å²) in [7, 11) is 0. The van der Waals surface area contributed by atoms with E-state index in [9.17, 15) is 4.79 Å². The quantitative estimate of drug-likeness (QED) is 0.779. The van der Waals surface area contributed by atoms with Crippen LogP contribution >= 0.6 is 11.6 Å². The first-order valence-corrected chi connectivity index (χ1v) is 4.16. The SMILES string of the molecule is O=C(O)c1cccc(CCO)c1Cl. The van der Waals surface area contributed by atoms with Gasteiger partial charge in [0.1, 0.15) is 0 Å². The van der Waals surface area contributed by atoms with Crippen LogP contribution in [-0.4, -0.2) is 22.8 Å². The molecule has 1 rings (SSSR count). The van der Waals surface area contributed by atoms with Crippen molar-refractivity contribution in [2.45, 2.75) is 6.42 Å². The molecule has 4 heteroatoms. The summed E-state index contributed by atoms with van der Waals surface area (Å²) in [5.41, 5.74) is 0.733. The molecule has 0 unspecified atom stereocenters. The highest BCUT2D eigenvalue weighted by molar-refractivity contribution is 6.34. The van der Waals surface area contributed by atoms with Crippen molar-refractivity contribution in [2.24, 2.45) is 0 Å². The molecule has 3 nitrogen and oxygen atoms in total. The number of carbonyl (C=O) groups is 1. The van der Waals surface area contributed by atoms with E-state index in [-0.39, 0.29) is 17.2 Å². The van der Waals surface area contributed by atoms with Crippen LogP contribution in [0.1, 0.15) is 15.9 Å². The molecule has 0 amide bonds. The Morgan fingerprint density at radius 2 is 2.15 bits per heavy atom. The Morgan fingerprint density at radius 3 is 2.69 bits per heavy atom. The average molecular weight is 201 g/mol. The second-order valence-electron chi connectivity index (χ2n) is 2.56. The smallest absolute Gasteiger partial charge is 0.337 e. The van der Waals surface area contributed by atoms with E-state index in [4.69, 9.17) is 21.8 Å². The first-order chi connectivity index (χ1) is 6.16. The predicted molar refractivity (Wildman–Crippen MR) is 49.2 cm³/mol. The molecule has 13 heavy (non-hydrogen) atoms. The largest absolute Gasteiger partial charge is 0.478 e. The van der Waals surface area contributed by atoms with Crippen LogP contribution in [0.5, 0.6) is 0 Å². The topological polar surface area (TPSA) is 57.5 Å². The molecule has 70 valence electrons. The van der Waals surface area contributed by atoms with Gasteiger partial charge in [-0.2, -0.15) is 0 Å². The lowest BCUT2D eigenvalue weighted by molar-refractivity contribution is 0.0697. The third-order valence-corrected chi connectivity index (χ3v) is 2.14. The minimum Gasteiger partial charge on any atom is -0.478 e. The minimum absolute atomic E-state index is 0.0389. The van der Waals surface area contributed by atoms with Crippen molar-refractivity contribution in [1.82, 2.24) is 0 Å². The number of hydrogen-bond donors (Lipinski definition) is 2. The monoisotopic (exact) mass is 200 g/mol. The predicted octanol–water partition coefficient (Wildman–Crippen LogP) is 1.57. The van der Waals surface area contributed by atoms with E-state index >= 15 is 0 Å². The summed E-state index contributed by atoms with van der Waals surface area (Å²) in [6, 6.07) is 4.75. The Morgan fingerprint density at radius 1 is 1.46 bits per heavy atom. The third-order valence-electron chi connectivity index (χ3n) is 1.69. The van der Waals surface area contributed by atoms with Crippen molar-refractivity contribution in [3.8, 4) is 0 Å². The molecule has 2 N–H and O–H groups in total. The van der Waals surface area contributed by atoms with Crippen LogP contribution in [0, 0.1) is 0 Å². The number of benzene rings is 1. The van der Waals surface area contributed by atoms with Gasteiger partial charge in [-0.3, -0.25) is 0 Å². The maximum atomic E-state index is 10.6. The first-order valence-electron chi connectivity index (χ1n) is 3.78. The Kier molecular flexibility index (Phi) is 3.28. The van der Waals surface area contributed by atoms with Crippen molar-refractivity contribution in [3.63, 3.8) is 0 Å². The van der Waals surface area contributed by atoms with Crippen molar-refractivity contribution in [1.29, 1.82) is 0 Å². The van der Waals surface area contributed by atoms with Crippen LogP contribution < -0.4 is 0 Å². The van der Waals surface area contributed by atoms with Crippen molar-refractivity contribution in [2.75, 3.05) is 6.61 Å². The Bertz CT molecular complexity index is 323. The van der Waals surface area contributed by atoms with E-state index in [1.807, 2.05) is 0 Å². The molecule has 0 heterocycles. The first kappa shape index (κ1) is 10.0. The summed E-state index contributed by atoms with van der Waals surface area (Å²) in [6.07, 6.45) is 0.375. The standard InChI is InChI=1S/C9H9ClO3/c10-8-6(4-5-11)2-1-3-7(8)9(12)13/h1-3,11H,4-5H2,(H,12,13). The number of carboxylic acid groups (broad SMARTS) is 1. The van der Waals surface area contributed by atoms with Crippen LogP contribution in [0.2, 0.25) is 5.02 Å². The molecule has 0 aliphatic carbocycles. The Balaban J connectivity index is 3.10. The molecule has 0 saturated carbocycles. The molecule has 0 atom stereocenters. The summed E-state index contributed by atoms with van der Waals surface area (Å²) in [5.74, 6) is -1.05. The van der Waals surface area contributed by atoms with E-state index in [2.05, 4.69) is 0 Å². The van der Waals surface area contributed by atoms with E-state index in [0.29, 0.717) is 12.0 Å². The van der Waals surface area contributed by atoms with Gasteiger partial charge in [-0.05, 0) is 18.1 Å². The van der Waals surface area contributed by atoms with E-state index in [1.165, 1.54) is 6.07 Å². The van der Waals surface area contributed by atoms with Crippen LogP contribution in [0.4, 0.5) is 0 Å². The van der Waals surface area contributed by atoms with Gasteiger partial charge in [0.25, 0.3) is 0 Å². The normalized spacial score (nSPS) is 10.0. The van der Waals surface area contributed by atoms with E-state index < -0.39 is 5.97 Å². The van der Waals surface area contributed by atoms with Crippen molar-refractivity contribution in [3.05, 3.63) is 34.3 Å². The molecular formula is C9H9ClO3. The zero-order chi connectivity index (χ0) is 9.84. The summed E-state index contributed by atoms with van der Waals surface area (Å²) >= 11 is 5.79. The fraction of sp³-hybridized carbons (Fsp3) is 0.222. The van der Waals surface area contributed by atoms with Crippen LogP contribution in [0.15, 0.2) is 18.2 Å². The van der Waals surface area contributed by atoms with Gasteiger partial charge in [0.15, 0.2) is 0 Å². The van der Waals surface area contributed by atoms with Crippen LogP contribution in [0.3, 0.4) is 0 Å². The molecule has 0 spiro atoms. The lowest BCUT2D eigenvalue weighted by atomic mass is 10.1. The summed E-state index contributed by atoms with van der Waals surface area (Å²) in [5, 5.41) is 17.6. The Hall–Kier alpha value is -1.06. The van der Waals surface area contributed by atoms with Gasteiger partial charge in [-0.25, -0.2) is 4.79 Å². The van der Waals surface area contributed by atoms with Gasteiger partial charge in [0.2, 0.25) is 0 Å². The second kappa shape index (κ2) is 4.25. The molecule has 0 aliphatic heterocycles. The molecular weight excluding hydrogens is 192 g/mol. The second-order valence-corrected chi connectivity index (χ2v) is 2.94. The number of aliphatic hydroxyl groups is 1. The molecule has 0 bridgehead atoms. The molecule has 0 saturated heterocycles. The van der Waals surface area contributed by atoms with Crippen molar-refractivity contribution >= 4 is 17.6 Å². The number of carboxylic acids is 1. The van der Waals surface area contributed by atoms with Crippen LogP contribution in [-0.2, 0) is 6.42 Å².